The predicted molar refractivity (Wildman–Crippen MR) is 82.0 cm³/mol. The van der Waals surface area contributed by atoms with E-state index in [-0.39, 0.29) is 0 Å². The zero-order valence-corrected chi connectivity index (χ0v) is 13.0. The van der Waals surface area contributed by atoms with E-state index in [9.17, 15) is 0 Å². The average Bonchev–Trinajstić information content (AvgIpc) is 2.80. The fourth-order valence-electron chi connectivity index (χ4n) is 2.54. The Kier molecular flexibility index (Phi) is 6.31. The van der Waals surface area contributed by atoms with E-state index in [0.717, 1.165) is 32.8 Å². The lowest BCUT2D eigenvalue weighted by atomic mass is 9.99. The van der Waals surface area contributed by atoms with Gasteiger partial charge in [0, 0.05) is 43.0 Å². The molecule has 0 aromatic carbocycles. The third-order valence-corrected chi connectivity index (χ3v) is 4.85. The molecule has 0 amide bonds. The summed E-state index contributed by atoms with van der Waals surface area (Å²) >= 11 is 2.03. The van der Waals surface area contributed by atoms with E-state index >= 15 is 0 Å². The quantitative estimate of drug-likeness (QED) is 0.741. The molecule has 1 aliphatic carbocycles. The summed E-state index contributed by atoms with van der Waals surface area (Å²) in [5.41, 5.74) is 1.62. The average molecular weight is 282 g/mol. The third-order valence-electron chi connectivity index (χ3n) is 3.63. The molecule has 0 fully saturated rings. The summed E-state index contributed by atoms with van der Waals surface area (Å²) in [5.74, 6) is 0. The Morgan fingerprint density at radius 3 is 2.95 bits per heavy atom. The first-order valence-electron chi connectivity index (χ1n) is 7.28. The smallest absolute Gasteiger partial charge is 0.0587 e. The number of likely N-dealkylation sites (N-methyl/N-ethyl adjacent to an activating group) is 1. The number of nitrogens with one attached hydrogen (secondary N) is 1. The zero-order chi connectivity index (χ0) is 13.5. The molecule has 0 radical (unpaired) electrons. The van der Waals surface area contributed by atoms with Crippen LogP contribution in [-0.2, 0) is 24.1 Å². The van der Waals surface area contributed by atoms with Gasteiger partial charge >= 0.3 is 0 Å². The Labute approximate surface area is 121 Å². The molecule has 2 rings (SSSR count). The summed E-state index contributed by atoms with van der Waals surface area (Å²) in [4.78, 5) is 5.58. The fourth-order valence-corrected chi connectivity index (χ4v) is 3.89. The van der Waals surface area contributed by atoms with Gasteiger partial charge in [0.15, 0.2) is 0 Å². The maximum absolute atomic E-state index is 5.02. The highest BCUT2D eigenvalue weighted by Gasteiger charge is 2.13. The number of hydrogen-bond donors (Lipinski definition) is 1. The lowest BCUT2D eigenvalue weighted by molar-refractivity contribution is 0.197. The number of hydrogen-bond acceptors (Lipinski definition) is 4. The monoisotopic (exact) mass is 282 g/mol. The van der Waals surface area contributed by atoms with Gasteiger partial charge in [-0.3, -0.25) is 0 Å². The lowest BCUT2D eigenvalue weighted by Crippen LogP contribution is -2.30. The second-order valence-electron chi connectivity index (χ2n) is 5.35. The molecule has 3 nitrogen and oxygen atoms in total. The molecule has 1 aliphatic rings. The molecule has 0 unspecified atom stereocenters. The minimum Gasteiger partial charge on any atom is -0.383 e. The second kappa shape index (κ2) is 8.00. The van der Waals surface area contributed by atoms with E-state index in [0.29, 0.717) is 0 Å². The number of nitrogens with zero attached hydrogens (tertiary/aromatic N) is 1. The highest BCUT2D eigenvalue weighted by molar-refractivity contribution is 7.12. The number of fused-ring (bicyclic) bond motifs is 1. The summed E-state index contributed by atoms with van der Waals surface area (Å²) in [6, 6.07) is 2.44. The molecule has 0 aliphatic heterocycles. The van der Waals surface area contributed by atoms with E-state index in [1.54, 1.807) is 17.6 Å². The van der Waals surface area contributed by atoms with Crippen molar-refractivity contribution in [2.45, 2.75) is 32.2 Å². The first-order valence-corrected chi connectivity index (χ1v) is 8.10. The Morgan fingerprint density at radius 2 is 2.16 bits per heavy atom. The van der Waals surface area contributed by atoms with E-state index < -0.39 is 0 Å². The van der Waals surface area contributed by atoms with Crippen molar-refractivity contribution >= 4 is 11.3 Å². The van der Waals surface area contributed by atoms with Gasteiger partial charge in [0.25, 0.3) is 0 Å². The summed E-state index contributed by atoms with van der Waals surface area (Å²) < 4.78 is 5.02. The molecule has 1 aromatic heterocycles. The van der Waals surface area contributed by atoms with Crippen LogP contribution in [0.5, 0.6) is 0 Å². The minimum atomic E-state index is 0.793. The Bertz CT molecular complexity index is 355. The standard InChI is InChI=1S/C15H26N2OS/c1-17(9-7-16-8-10-18-2)12-14-11-13-5-3-4-6-15(13)19-14/h11,16H,3-10,12H2,1-2H3. The molecule has 1 aromatic rings. The van der Waals surface area contributed by atoms with E-state index in [1.165, 1.54) is 30.6 Å². The highest BCUT2D eigenvalue weighted by Crippen LogP contribution is 2.30. The van der Waals surface area contributed by atoms with Crippen LogP contribution in [0.3, 0.4) is 0 Å². The topological polar surface area (TPSA) is 24.5 Å². The van der Waals surface area contributed by atoms with Crippen molar-refractivity contribution in [2.75, 3.05) is 40.4 Å². The van der Waals surface area contributed by atoms with Crippen molar-refractivity contribution in [1.29, 1.82) is 0 Å². The van der Waals surface area contributed by atoms with Gasteiger partial charge in [-0.05, 0) is 44.4 Å². The number of rotatable bonds is 8. The van der Waals surface area contributed by atoms with Gasteiger partial charge in [-0.25, -0.2) is 0 Å². The largest absolute Gasteiger partial charge is 0.383 e. The van der Waals surface area contributed by atoms with Crippen molar-refractivity contribution < 1.29 is 4.74 Å². The lowest BCUT2D eigenvalue weighted by Gasteiger charge is -2.15. The summed E-state index contributed by atoms with van der Waals surface area (Å²) in [6.45, 7) is 4.94. The van der Waals surface area contributed by atoms with Gasteiger partial charge in [0.2, 0.25) is 0 Å². The molecule has 19 heavy (non-hydrogen) atoms. The van der Waals surface area contributed by atoms with Gasteiger partial charge in [0.1, 0.15) is 0 Å². The van der Waals surface area contributed by atoms with Crippen molar-refractivity contribution in [1.82, 2.24) is 10.2 Å². The fraction of sp³-hybridized carbons (Fsp3) is 0.733. The van der Waals surface area contributed by atoms with Gasteiger partial charge in [-0.1, -0.05) is 0 Å². The summed E-state index contributed by atoms with van der Waals surface area (Å²) in [5, 5.41) is 3.39. The maximum Gasteiger partial charge on any atom is 0.0587 e. The minimum absolute atomic E-state index is 0.793. The van der Waals surface area contributed by atoms with Crippen molar-refractivity contribution in [3.63, 3.8) is 0 Å². The number of methoxy groups -OCH3 is 1. The maximum atomic E-state index is 5.02. The van der Waals surface area contributed by atoms with Crippen LogP contribution in [0.1, 0.15) is 28.2 Å². The van der Waals surface area contributed by atoms with Crippen LogP contribution in [0.15, 0.2) is 6.07 Å². The van der Waals surface area contributed by atoms with Gasteiger partial charge in [-0.15, -0.1) is 11.3 Å². The third kappa shape index (κ3) is 4.88. The number of thiophene rings is 1. The first kappa shape index (κ1) is 15.0. The molecule has 0 saturated carbocycles. The van der Waals surface area contributed by atoms with Crippen LogP contribution in [0.2, 0.25) is 0 Å². The van der Waals surface area contributed by atoms with Crippen LogP contribution in [0.25, 0.3) is 0 Å². The number of ether oxygens (including phenoxy) is 1. The van der Waals surface area contributed by atoms with Crippen molar-refractivity contribution in [3.05, 3.63) is 21.4 Å². The Morgan fingerprint density at radius 1 is 1.32 bits per heavy atom. The van der Waals surface area contributed by atoms with Crippen molar-refractivity contribution in [3.8, 4) is 0 Å². The summed E-state index contributed by atoms with van der Waals surface area (Å²) in [7, 11) is 3.95. The molecule has 1 heterocycles. The highest BCUT2D eigenvalue weighted by atomic mass is 32.1. The Hall–Kier alpha value is -0.420. The van der Waals surface area contributed by atoms with E-state index in [2.05, 4.69) is 23.3 Å². The van der Waals surface area contributed by atoms with E-state index in [1.807, 2.05) is 11.3 Å². The van der Waals surface area contributed by atoms with Gasteiger partial charge < -0.3 is 15.0 Å². The van der Waals surface area contributed by atoms with Crippen LogP contribution in [-0.4, -0.2) is 45.3 Å². The zero-order valence-electron chi connectivity index (χ0n) is 12.2. The number of aryl methyl sites for hydroxylation is 2. The van der Waals surface area contributed by atoms with E-state index in [4.69, 9.17) is 4.74 Å². The van der Waals surface area contributed by atoms with Crippen LogP contribution < -0.4 is 5.32 Å². The second-order valence-corrected chi connectivity index (χ2v) is 6.57. The molecule has 0 spiro atoms. The normalized spacial score (nSPS) is 14.9. The first-order chi connectivity index (χ1) is 9.29. The van der Waals surface area contributed by atoms with Crippen LogP contribution in [0, 0.1) is 0 Å². The SMILES string of the molecule is COCCNCCN(C)Cc1cc2c(s1)CCCC2. The van der Waals surface area contributed by atoms with Gasteiger partial charge in [-0.2, -0.15) is 0 Å². The van der Waals surface area contributed by atoms with Crippen LogP contribution in [0.4, 0.5) is 0 Å². The molecular formula is C15H26N2OS. The molecule has 0 saturated heterocycles. The molecule has 4 heteroatoms. The van der Waals surface area contributed by atoms with Crippen molar-refractivity contribution in [2.24, 2.45) is 0 Å². The molecule has 0 atom stereocenters. The van der Waals surface area contributed by atoms with Crippen LogP contribution >= 0.6 is 11.3 Å². The predicted octanol–water partition coefficient (Wildman–Crippen LogP) is 2.29. The molecule has 0 bridgehead atoms. The Balaban J connectivity index is 1.69. The summed E-state index contributed by atoms with van der Waals surface area (Å²) in [6.07, 6.45) is 5.37. The van der Waals surface area contributed by atoms with Gasteiger partial charge in [0.05, 0.1) is 6.61 Å². The molecular weight excluding hydrogens is 256 g/mol. The molecule has 1 N–H and O–H groups in total. The molecule has 108 valence electrons.